The van der Waals surface area contributed by atoms with E-state index < -0.39 is 0 Å². The van der Waals surface area contributed by atoms with Crippen molar-refractivity contribution in [3.05, 3.63) is 52.2 Å². The lowest BCUT2D eigenvalue weighted by atomic mass is 10.1. The number of carbonyl (C=O) groups excluding carboxylic acids is 1. The van der Waals surface area contributed by atoms with Crippen LogP contribution < -0.4 is 16.0 Å². The predicted octanol–water partition coefficient (Wildman–Crippen LogP) is 4.20. The fourth-order valence-corrected chi connectivity index (χ4v) is 3.32. The normalized spacial score (nSPS) is 13.7. The van der Waals surface area contributed by atoms with Crippen molar-refractivity contribution in [2.24, 2.45) is 10.9 Å². The van der Waals surface area contributed by atoms with Crippen LogP contribution in [0, 0.1) is 5.92 Å². The molecule has 0 radical (unpaired) electrons. The molecule has 0 saturated carbocycles. The third kappa shape index (κ3) is 6.71. The minimum absolute atomic E-state index is 0.0139. The molecule has 5 nitrogen and oxygen atoms in total. The third-order valence-electron chi connectivity index (χ3n) is 4.63. The number of rotatable bonds is 8. The van der Waals surface area contributed by atoms with E-state index in [0.717, 1.165) is 30.2 Å². The van der Waals surface area contributed by atoms with Gasteiger partial charge in [-0.15, -0.1) is 0 Å². The van der Waals surface area contributed by atoms with Gasteiger partial charge in [-0.2, -0.15) is 11.3 Å². The first-order valence-electron chi connectivity index (χ1n) is 9.39. The lowest BCUT2D eigenvalue weighted by molar-refractivity contribution is -0.119. The number of benzene rings is 1. The van der Waals surface area contributed by atoms with Crippen LogP contribution in [0.1, 0.15) is 44.2 Å². The van der Waals surface area contributed by atoms with Crippen LogP contribution in [0.3, 0.4) is 0 Å². The van der Waals surface area contributed by atoms with Gasteiger partial charge in [0.15, 0.2) is 5.96 Å². The first-order chi connectivity index (χ1) is 13.0. The van der Waals surface area contributed by atoms with Crippen LogP contribution in [-0.4, -0.2) is 25.5 Å². The first kappa shape index (κ1) is 21.0. The molecule has 1 heterocycles. The van der Waals surface area contributed by atoms with E-state index in [1.165, 1.54) is 5.56 Å². The summed E-state index contributed by atoms with van der Waals surface area (Å²) in [6.07, 6.45) is 0.832. The molecule has 0 aliphatic rings. The predicted molar refractivity (Wildman–Crippen MR) is 115 cm³/mol. The van der Waals surface area contributed by atoms with Crippen molar-refractivity contribution in [3.63, 3.8) is 0 Å². The monoisotopic (exact) mass is 386 g/mol. The molecule has 0 bridgehead atoms. The third-order valence-corrected chi connectivity index (χ3v) is 5.33. The molecule has 1 amide bonds. The minimum Gasteiger partial charge on any atom is -0.356 e. The summed E-state index contributed by atoms with van der Waals surface area (Å²) in [7, 11) is 1.77. The van der Waals surface area contributed by atoms with Crippen molar-refractivity contribution < 1.29 is 4.79 Å². The van der Waals surface area contributed by atoms with Crippen molar-refractivity contribution in [1.29, 1.82) is 0 Å². The largest absolute Gasteiger partial charge is 0.356 e. The highest BCUT2D eigenvalue weighted by atomic mass is 32.1. The zero-order valence-corrected chi connectivity index (χ0v) is 17.4. The summed E-state index contributed by atoms with van der Waals surface area (Å²) in [5, 5.41) is 14.0. The maximum atomic E-state index is 12.1. The topological polar surface area (TPSA) is 65.5 Å². The van der Waals surface area contributed by atoms with Gasteiger partial charge in [0.25, 0.3) is 0 Å². The molecule has 1 aromatic carbocycles. The molecule has 0 aliphatic heterocycles. The summed E-state index contributed by atoms with van der Waals surface area (Å²) < 4.78 is 0. The molecule has 0 saturated heterocycles. The van der Waals surface area contributed by atoms with E-state index >= 15 is 0 Å². The van der Waals surface area contributed by atoms with Crippen molar-refractivity contribution in [1.82, 2.24) is 10.6 Å². The van der Waals surface area contributed by atoms with Gasteiger partial charge in [0.2, 0.25) is 5.91 Å². The number of nitrogens with zero attached hydrogens (tertiary/aromatic N) is 1. The van der Waals surface area contributed by atoms with E-state index in [1.807, 2.05) is 38.1 Å². The average Bonchev–Trinajstić information content (AvgIpc) is 3.22. The second-order valence-electron chi connectivity index (χ2n) is 6.76. The number of hydrogen-bond donors (Lipinski definition) is 3. The van der Waals surface area contributed by atoms with Crippen LogP contribution in [0.25, 0.3) is 0 Å². The lowest BCUT2D eigenvalue weighted by Crippen LogP contribution is -2.38. The first-order valence-corrected chi connectivity index (χ1v) is 10.3. The summed E-state index contributed by atoms with van der Waals surface area (Å²) in [5.74, 6) is 1.27. The van der Waals surface area contributed by atoms with Crippen LogP contribution in [0.4, 0.5) is 5.69 Å². The second kappa shape index (κ2) is 10.7. The molecule has 146 valence electrons. The molecule has 0 aliphatic carbocycles. The van der Waals surface area contributed by atoms with E-state index in [4.69, 9.17) is 0 Å². The van der Waals surface area contributed by atoms with Crippen molar-refractivity contribution in [2.75, 3.05) is 18.9 Å². The Bertz CT molecular complexity index is 742. The Morgan fingerprint density at radius 2 is 2.04 bits per heavy atom. The van der Waals surface area contributed by atoms with Crippen LogP contribution in [0.5, 0.6) is 0 Å². The number of guanidine groups is 1. The van der Waals surface area contributed by atoms with E-state index in [-0.39, 0.29) is 11.8 Å². The van der Waals surface area contributed by atoms with Crippen molar-refractivity contribution >= 4 is 28.9 Å². The lowest BCUT2D eigenvalue weighted by Gasteiger charge is -2.16. The van der Waals surface area contributed by atoms with Crippen molar-refractivity contribution in [3.8, 4) is 0 Å². The molecule has 1 aromatic heterocycles. The summed E-state index contributed by atoms with van der Waals surface area (Å²) in [4.78, 5) is 16.3. The molecule has 2 rings (SSSR count). The molecule has 0 fully saturated rings. The molecular formula is C21H30N4OS. The molecule has 6 heteroatoms. The number of anilines is 1. The Hall–Kier alpha value is -2.34. The van der Waals surface area contributed by atoms with Gasteiger partial charge < -0.3 is 16.0 Å². The van der Waals surface area contributed by atoms with Gasteiger partial charge in [-0.3, -0.25) is 9.79 Å². The van der Waals surface area contributed by atoms with Gasteiger partial charge in [0, 0.05) is 31.7 Å². The van der Waals surface area contributed by atoms with Gasteiger partial charge in [-0.25, -0.2) is 0 Å². The molecular weight excluding hydrogens is 356 g/mol. The van der Waals surface area contributed by atoms with Gasteiger partial charge in [-0.1, -0.05) is 32.9 Å². The molecule has 2 aromatic rings. The number of carbonyl (C=O) groups is 1. The van der Waals surface area contributed by atoms with E-state index in [9.17, 15) is 4.79 Å². The van der Waals surface area contributed by atoms with Gasteiger partial charge in [0.05, 0.1) is 0 Å². The van der Waals surface area contributed by atoms with E-state index in [2.05, 4.69) is 44.7 Å². The Morgan fingerprint density at radius 3 is 2.70 bits per heavy atom. The van der Waals surface area contributed by atoms with Crippen LogP contribution in [0.15, 0.2) is 46.1 Å². The van der Waals surface area contributed by atoms with Crippen LogP contribution >= 0.6 is 11.3 Å². The standard InChI is InChI=1S/C21H30N4OS/c1-5-15(2)20(26)25-19-8-6-7-17(11-19)13-24-21(22-4)23-12-16(3)18-9-10-27-14-18/h6-11,14-16H,5,12-13H2,1-4H3,(H,25,26)(H2,22,23,24). The fourth-order valence-electron chi connectivity index (χ4n) is 2.54. The van der Waals surface area contributed by atoms with Gasteiger partial charge >= 0.3 is 0 Å². The Kier molecular flexibility index (Phi) is 8.33. The van der Waals surface area contributed by atoms with Crippen LogP contribution in [0.2, 0.25) is 0 Å². The zero-order valence-electron chi connectivity index (χ0n) is 16.6. The molecule has 27 heavy (non-hydrogen) atoms. The number of aliphatic imine (C=N–C) groups is 1. The zero-order chi connectivity index (χ0) is 19.6. The van der Waals surface area contributed by atoms with Crippen molar-refractivity contribution in [2.45, 2.75) is 39.7 Å². The molecule has 3 N–H and O–H groups in total. The highest BCUT2D eigenvalue weighted by molar-refractivity contribution is 7.07. The Morgan fingerprint density at radius 1 is 1.22 bits per heavy atom. The highest BCUT2D eigenvalue weighted by Gasteiger charge is 2.11. The SMILES string of the molecule is CCC(C)C(=O)Nc1cccc(CNC(=NC)NCC(C)c2ccsc2)c1. The smallest absolute Gasteiger partial charge is 0.227 e. The van der Waals surface area contributed by atoms with E-state index in [0.29, 0.717) is 12.5 Å². The number of hydrogen-bond acceptors (Lipinski definition) is 3. The van der Waals surface area contributed by atoms with Crippen LogP contribution in [-0.2, 0) is 11.3 Å². The average molecular weight is 387 g/mol. The second-order valence-corrected chi connectivity index (χ2v) is 7.54. The maximum Gasteiger partial charge on any atom is 0.227 e. The summed E-state index contributed by atoms with van der Waals surface area (Å²) >= 11 is 1.72. The fraction of sp³-hybridized carbons (Fsp3) is 0.429. The number of thiophene rings is 1. The number of amides is 1. The van der Waals surface area contributed by atoms with E-state index in [1.54, 1.807) is 18.4 Å². The van der Waals surface area contributed by atoms with Gasteiger partial charge in [-0.05, 0) is 52.4 Å². The summed E-state index contributed by atoms with van der Waals surface area (Å²) in [6, 6.07) is 10.1. The minimum atomic E-state index is 0.0139. The highest BCUT2D eigenvalue weighted by Crippen LogP contribution is 2.17. The molecule has 0 spiro atoms. The Labute approximate surface area is 166 Å². The number of nitrogens with one attached hydrogen (secondary N) is 3. The summed E-state index contributed by atoms with van der Waals surface area (Å²) in [6.45, 7) is 7.61. The van der Waals surface area contributed by atoms with Gasteiger partial charge in [0.1, 0.15) is 0 Å². The molecule has 2 atom stereocenters. The summed E-state index contributed by atoms with van der Waals surface area (Å²) in [5.41, 5.74) is 3.26. The quantitative estimate of drug-likeness (QED) is 0.470. The molecule has 2 unspecified atom stereocenters. The Balaban J connectivity index is 1.85. The maximum absolute atomic E-state index is 12.1.